The summed E-state index contributed by atoms with van der Waals surface area (Å²) in [7, 11) is 0. The molecule has 0 atom stereocenters. The van der Waals surface area contributed by atoms with Crippen LogP contribution in [-0.2, 0) is 6.42 Å². The maximum atomic E-state index is 6.04. The van der Waals surface area contributed by atoms with Crippen LogP contribution in [0.25, 0.3) is 0 Å². The van der Waals surface area contributed by atoms with Crippen LogP contribution >= 0.6 is 11.6 Å². The molecule has 0 amide bonds. The number of hydrogen-bond donors (Lipinski definition) is 1. The summed E-state index contributed by atoms with van der Waals surface area (Å²) < 4.78 is 0. The van der Waals surface area contributed by atoms with E-state index in [0.717, 1.165) is 24.5 Å². The molecule has 18 heavy (non-hydrogen) atoms. The first-order valence-electron chi connectivity index (χ1n) is 7.08. The molecular formula is C14H22ClN3. The molecule has 1 aromatic rings. The molecule has 0 aromatic carbocycles. The molecule has 0 aliphatic heterocycles. The smallest absolute Gasteiger partial charge is 0.134 e. The van der Waals surface area contributed by atoms with Crippen LogP contribution in [0.3, 0.4) is 0 Å². The predicted molar refractivity (Wildman–Crippen MR) is 76.1 cm³/mol. The van der Waals surface area contributed by atoms with Crippen LogP contribution in [0.15, 0.2) is 6.07 Å². The number of nitrogens with one attached hydrogen (secondary N) is 1. The Bertz CT molecular complexity index is 373. The number of nitrogens with zero attached hydrogens (tertiary/aromatic N) is 2. The zero-order valence-electron chi connectivity index (χ0n) is 11.1. The molecule has 0 unspecified atom stereocenters. The minimum atomic E-state index is 0.546. The van der Waals surface area contributed by atoms with Crippen molar-refractivity contribution in [3.05, 3.63) is 17.0 Å². The summed E-state index contributed by atoms with van der Waals surface area (Å²) in [6, 6.07) is 2.39. The second kappa shape index (κ2) is 6.93. The second-order valence-electron chi connectivity index (χ2n) is 5.07. The summed E-state index contributed by atoms with van der Waals surface area (Å²) in [5.74, 6) is 1.74. The highest BCUT2D eigenvalue weighted by molar-refractivity contribution is 6.29. The van der Waals surface area contributed by atoms with E-state index in [1.54, 1.807) is 0 Å². The van der Waals surface area contributed by atoms with Crippen molar-refractivity contribution < 1.29 is 0 Å². The van der Waals surface area contributed by atoms with E-state index in [2.05, 4.69) is 22.2 Å². The van der Waals surface area contributed by atoms with Gasteiger partial charge in [0.25, 0.3) is 0 Å². The van der Waals surface area contributed by atoms with Crippen LogP contribution in [0.1, 0.15) is 57.7 Å². The monoisotopic (exact) mass is 267 g/mol. The summed E-state index contributed by atoms with van der Waals surface area (Å²) in [4.78, 5) is 8.79. The van der Waals surface area contributed by atoms with E-state index >= 15 is 0 Å². The molecule has 1 saturated carbocycles. The fraction of sp³-hybridized carbons (Fsp3) is 0.714. The van der Waals surface area contributed by atoms with Gasteiger partial charge in [-0.3, -0.25) is 0 Å². The van der Waals surface area contributed by atoms with Crippen LogP contribution in [0.5, 0.6) is 0 Å². The van der Waals surface area contributed by atoms with Gasteiger partial charge < -0.3 is 5.32 Å². The van der Waals surface area contributed by atoms with Crippen molar-refractivity contribution in [1.82, 2.24) is 9.97 Å². The largest absolute Gasteiger partial charge is 0.367 e. The van der Waals surface area contributed by atoms with Gasteiger partial charge in [0.1, 0.15) is 16.8 Å². The zero-order valence-corrected chi connectivity index (χ0v) is 11.8. The molecule has 1 fully saturated rings. The molecule has 4 heteroatoms. The van der Waals surface area contributed by atoms with Gasteiger partial charge in [-0.2, -0.15) is 0 Å². The SMILES string of the molecule is CCCc1nc(Cl)cc(NC2CCCCCC2)n1. The topological polar surface area (TPSA) is 37.8 Å². The third-order valence-corrected chi connectivity index (χ3v) is 3.62. The van der Waals surface area contributed by atoms with Crippen molar-refractivity contribution >= 4 is 17.4 Å². The number of aryl methyl sites for hydroxylation is 1. The van der Waals surface area contributed by atoms with Gasteiger partial charge in [0.2, 0.25) is 0 Å². The van der Waals surface area contributed by atoms with Crippen molar-refractivity contribution in [1.29, 1.82) is 0 Å². The van der Waals surface area contributed by atoms with Crippen LogP contribution in [0.4, 0.5) is 5.82 Å². The molecule has 0 radical (unpaired) electrons. The number of anilines is 1. The van der Waals surface area contributed by atoms with E-state index in [9.17, 15) is 0 Å². The standard InChI is InChI=1S/C14H22ClN3/c1-2-7-13-17-12(15)10-14(18-13)16-11-8-5-3-4-6-9-11/h10-11H,2-9H2,1H3,(H,16,17,18). The summed E-state index contributed by atoms with van der Waals surface area (Å²) >= 11 is 6.04. The van der Waals surface area contributed by atoms with Gasteiger partial charge in [-0.05, 0) is 19.3 Å². The Kier molecular flexibility index (Phi) is 5.24. The van der Waals surface area contributed by atoms with Gasteiger partial charge in [0, 0.05) is 18.5 Å². The van der Waals surface area contributed by atoms with E-state index in [4.69, 9.17) is 11.6 Å². The Labute approximate surface area is 114 Å². The molecule has 0 bridgehead atoms. The fourth-order valence-corrected chi connectivity index (χ4v) is 2.71. The lowest BCUT2D eigenvalue weighted by molar-refractivity contribution is 0.616. The van der Waals surface area contributed by atoms with Gasteiger partial charge in [-0.1, -0.05) is 44.2 Å². The third kappa shape index (κ3) is 4.13. The molecule has 1 aliphatic rings. The van der Waals surface area contributed by atoms with Crippen LogP contribution in [-0.4, -0.2) is 16.0 Å². The van der Waals surface area contributed by atoms with Crippen LogP contribution < -0.4 is 5.32 Å². The summed E-state index contributed by atoms with van der Waals surface area (Å²) in [5.41, 5.74) is 0. The maximum absolute atomic E-state index is 6.04. The van der Waals surface area contributed by atoms with Gasteiger partial charge >= 0.3 is 0 Å². The molecule has 2 rings (SSSR count). The normalized spacial score (nSPS) is 17.4. The van der Waals surface area contributed by atoms with Crippen molar-refractivity contribution in [2.24, 2.45) is 0 Å². The predicted octanol–water partition coefficient (Wildman–Crippen LogP) is 4.22. The molecule has 1 heterocycles. The molecule has 0 saturated heterocycles. The van der Waals surface area contributed by atoms with Crippen molar-refractivity contribution in [3.63, 3.8) is 0 Å². The van der Waals surface area contributed by atoms with E-state index in [1.807, 2.05) is 6.07 Å². The van der Waals surface area contributed by atoms with Crippen molar-refractivity contribution in [2.75, 3.05) is 5.32 Å². The first-order chi connectivity index (χ1) is 8.78. The van der Waals surface area contributed by atoms with E-state index in [-0.39, 0.29) is 0 Å². The quantitative estimate of drug-likeness (QED) is 0.656. The van der Waals surface area contributed by atoms with E-state index in [0.29, 0.717) is 11.2 Å². The van der Waals surface area contributed by atoms with E-state index in [1.165, 1.54) is 38.5 Å². The van der Waals surface area contributed by atoms with Gasteiger partial charge in [0.05, 0.1) is 0 Å². The number of hydrogen-bond acceptors (Lipinski definition) is 3. The Morgan fingerprint density at radius 1 is 1.22 bits per heavy atom. The minimum absolute atomic E-state index is 0.546. The first kappa shape index (κ1) is 13.6. The lowest BCUT2D eigenvalue weighted by atomic mass is 10.1. The summed E-state index contributed by atoms with van der Waals surface area (Å²) in [5, 5.41) is 4.07. The lowest BCUT2D eigenvalue weighted by Gasteiger charge is -2.17. The van der Waals surface area contributed by atoms with E-state index < -0.39 is 0 Å². The van der Waals surface area contributed by atoms with Crippen molar-refractivity contribution in [3.8, 4) is 0 Å². The molecule has 1 N–H and O–H groups in total. The average Bonchev–Trinajstić information content (AvgIpc) is 2.57. The lowest BCUT2D eigenvalue weighted by Crippen LogP contribution is -2.19. The maximum Gasteiger partial charge on any atom is 0.134 e. The summed E-state index contributed by atoms with van der Waals surface area (Å²) in [6.45, 7) is 2.13. The second-order valence-corrected chi connectivity index (χ2v) is 5.46. The van der Waals surface area contributed by atoms with Crippen LogP contribution in [0, 0.1) is 0 Å². The zero-order chi connectivity index (χ0) is 12.8. The van der Waals surface area contributed by atoms with Gasteiger partial charge in [0.15, 0.2) is 0 Å². The molecule has 1 aliphatic carbocycles. The average molecular weight is 268 g/mol. The molecule has 3 nitrogen and oxygen atoms in total. The highest BCUT2D eigenvalue weighted by atomic mass is 35.5. The third-order valence-electron chi connectivity index (χ3n) is 3.42. The Balaban J connectivity index is 2.02. The minimum Gasteiger partial charge on any atom is -0.367 e. The Morgan fingerprint density at radius 3 is 2.61 bits per heavy atom. The Hall–Kier alpha value is -0.830. The van der Waals surface area contributed by atoms with Crippen LogP contribution in [0.2, 0.25) is 5.15 Å². The molecule has 100 valence electrons. The summed E-state index contributed by atoms with van der Waals surface area (Å²) in [6.07, 6.45) is 9.78. The molecule has 0 spiro atoms. The number of rotatable bonds is 4. The fourth-order valence-electron chi connectivity index (χ4n) is 2.51. The highest BCUT2D eigenvalue weighted by Gasteiger charge is 2.13. The Morgan fingerprint density at radius 2 is 1.94 bits per heavy atom. The van der Waals surface area contributed by atoms with Crippen molar-refractivity contribution in [2.45, 2.75) is 64.3 Å². The molecular weight excluding hydrogens is 246 g/mol. The van der Waals surface area contributed by atoms with Gasteiger partial charge in [-0.15, -0.1) is 0 Å². The molecule has 1 aromatic heterocycles. The first-order valence-corrected chi connectivity index (χ1v) is 7.45. The number of halogens is 1. The number of aromatic nitrogens is 2. The van der Waals surface area contributed by atoms with Gasteiger partial charge in [-0.25, -0.2) is 9.97 Å². The highest BCUT2D eigenvalue weighted by Crippen LogP contribution is 2.21.